The molecule has 0 amide bonds. The topological polar surface area (TPSA) is 28.5 Å². The lowest BCUT2D eigenvalue weighted by molar-refractivity contribution is -0.890. The van der Waals surface area contributed by atoms with Crippen molar-refractivity contribution in [3.63, 3.8) is 0 Å². The average Bonchev–Trinajstić information content (AvgIpc) is 2.51. The highest BCUT2D eigenvalue weighted by molar-refractivity contribution is 7.80. The quantitative estimate of drug-likeness (QED) is 0.714. The zero-order valence-corrected chi connectivity index (χ0v) is 16.2. The van der Waals surface area contributed by atoms with Crippen LogP contribution in [0.4, 0.5) is 5.69 Å². The average molecular weight is 363 g/mol. The van der Waals surface area contributed by atoms with Crippen molar-refractivity contribution in [3.05, 3.63) is 64.2 Å². The molecule has 0 aromatic heterocycles. The molecule has 0 saturated heterocycles. The van der Waals surface area contributed by atoms with Gasteiger partial charge in [-0.2, -0.15) is 0 Å². The Balaban J connectivity index is 2.02. The van der Waals surface area contributed by atoms with Crippen molar-refractivity contribution in [3.8, 4) is 0 Å². The number of hydrogen-bond donors (Lipinski definition) is 3. The Hall–Kier alpha value is -1.62. The molecule has 1 atom stereocenters. The maximum Gasteiger partial charge on any atom is 0.171 e. The molecule has 0 saturated carbocycles. The van der Waals surface area contributed by atoms with Gasteiger partial charge in [0, 0.05) is 5.56 Å². The molecule has 3 nitrogen and oxygen atoms in total. The fourth-order valence-corrected chi connectivity index (χ4v) is 3.32. The molecule has 0 fully saturated rings. The normalized spacial score (nSPS) is 12.1. The lowest BCUT2D eigenvalue weighted by atomic mass is 10.1. The van der Waals surface area contributed by atoms with Gasteiger partial charge in [-0.15, -0.1) is 0 Å². The summed E-state index contributed by atoms with van der Waals surface area (Å²) < 4.78 is 0. The summed E-state index contributed by atoms with van der Waals surface area (Å²) in [6.45, 7) is 4.81. The molecule has 0 spiro atoms. The third-order valence-corrected chi connectivity index (χ3v) is 4.58. The molecule has 0 heterocycles. The molecule has 24 heavy (non-hydrogen) atoms. The minimum Gasteiger partial charge on any atom is -0.356 e. The lowest BCUT2D eigenvalue weighted by Gasteiger charge is -2.23. The Morgan fingerprint density at radius 3 is 2.42 bits per heavy atom. The van der Waals surface area contributed by atoms with E-state index in [1.165, 1.54) is 10.5 Å². The number of benzene rings is 2. The molecule has 5 heteroatoms. The van der Waals surface area contributed by atoms with Crippen molar-refractivity contribution >= 4 is 34.6 Å². The molecule has 2 aromatic rings. The second-order valence-electron chi connectivity index (χ2n) is 6.31. The van der Waals surface area contributed by atoms with Crippen molar-refractivity contribution in [2.24, 2.45) is 0 Å². The first kappa shape index (κ1) is 18.7. The van der Waals surface area contributed by atoms with Crippen molar-refractivity contribution < 1.29 is 4.90 Å². The molecule has 0 aliphatic carbocycles. The van der Waals surface area contributed by atoms with E-state index in [0.717, 1.165) is 23.4 Å². The van der Waals surface area contributed by atoms with Crippen molar-refractivity contribution in [2.45, 2.75) is 19.9 Å². The Bertz CT molecular complexity index is 678. The standard InChI is InChI=1S/C19H24ClN3S/c1-13-10-14(2)18(16(20)11-13)22-19(24)21-12-17(23(3)4)15-8-6-5-7-9-15/h5-11,17H,12H2,1-4H3,(H2,21,22,24)/p+1/t17-/m0/s1. The number of aryl methyl sites for hydroxylation is 2. The number of likely N-dealkylation sites (N-methyl/N-ethyl adjacent to an activating group) is 1. The molecule has 128 valence electrons. The van der Waals surface area contributed by atoms with Gasteiger partial charge in [0.1, 0.15) is 6.04 Å². The van der Waals surface area contributed by atoms with E-state index in [4.69, 9.17) is 23.8 Å². The molecule has 0 aliphatic rings. The maximum atomic E-state index is 6.33. The van der Waals surface area contributed by atoms with Crippen LogP contribution >= 0.6 is 23.8 Å². The molecule has 0 unspecified atom stereocenters. The van der Waals surface area contributed by atoms with E-state index in [9.17, 15) is 0 Å². The fraction of sp³-hybridized carbons (Fsp3) is 0.316. The van der Waals surface area contributed by atoms with E-state index in [0.29, 0.717) is 16.2 Å². The monoisotopic (exact) mass is 362 g/mol. The Kier molecular flexibility index (Phi) is 6.60. The molecule has 0 bridgehead atoms. The SMILES string of the molecule is Cc1cc(C)c(NC(=S)NC[C@@H](c2ccccc2)[NH+](C)C)c(Cl)c1. The molecule has 2 rings (SSSR count). The summed E-state index contributed by atoms with van der Waals surface area (Å²) in [6, 6.07) is 14.8. The summed E-state index contributed by atoms with van der Waals surface area (Å²) >= 11 is 11.8. The summed E-state index contributed by atoms with van der Waals surface area (Å²) in [5.74, 6) is 0. The first-order valence-corrected chi connectivity index (χ1v) is 8.83. The van der Waals surface area contributed by atoms with E-state index in [-0.39, 0.29) is 0 Å². The van der Waals surface area contributed by atoms with Crippen LogP contribution in [0.25, 0.3) is 0 Å². The number of anilines is 1. The van der Waals surface area contributed by atoms with Crippen LogP contribution in [-0.4, -0.2) is 25.8 Å². The first-order chi connectivity index (χ1) is 11.4. The summed E-state index contributed by atoms with van der Waals surface area (Å²) in [6.07, 6.45) is 0. The fourth-order valence-electron chi connectivity index (χ4n) is 2.77. The van der Waals surface area contributed by atoms with Crippen LogP contribution in [0.15, 0.2) is 42.5 Å². The minimum atomic E-state index is 0.320. The molecule has 2 aromatic carbocycles. The van der Waals surface area contributed by atoms with Gasteiger partial charge in [0.25, 0.3) is 0 Å². The highest BCUT2D eigenvalue weighted by Crippen LogP contribution is 2.27. The van der Waals surface area contributed by atoms with E-state index < -0.39 is 0 Å². The number of hydrogen-bond acceptors (Lipinski definition) is 1. The van der Waals surface area contributed by atoms with Gasteiger partial charge in [-0.1, -0.05) is 48.0 Å². The van der Waals surface area contributed by atoms with E-state index in [1.807, 2.05) is 26.0 Å². The molecule has 0 aliphatic heterocycles. The molecule has 3 N–H and O–H groups in total. The van der Waals surface area contributed by atoms with E-state index in [1.54, 1.807) is 0 Å². The van der Waals surface area contributed by atoms with Crippen LogP contribution in [0.5, 0.6) is 0 Å². The first-order valence-electron chi connectivity index (χ1n) is 8.05. The summed E-state index contributed by atoms with van der Waals surface area (Å²) in [5, 5.41) is 7.83. The van der Waals surface area contributed by atoms with Crippen molar-refractivity contribution in [1.82, 2.24) is 5.32 Å². The van der Waals surface area contributed by atoms with Crippen LogP contribution in [0.3, 0.4) is 0 Å². The highest BCUT2D eigenvalue weighted by Gasteiger charge is 2.18. The van der Waals surface area contributed by atoms with Gasteiger partial charge in [-0.3, -0.25) is 0 Å². The number of thiocarbonyl (C=S) groups is 1. The van der Waals surface area contributed by atoms with Gasteiger partial charge in [0.2, 0.25) is 0 Å². The highest BCUT2D eigenvalue weighted by atomic mass is 35.5. The zero-order chi connectivity index (χ0) is 17.7. The van der Waals surface area contributed by atoms with Crippen molar-refractivity contribution in [2.75, 3.05) is 26.0 Å². The molecule has 0 radical (unpaired) electrons. The van der Waals surface area contributed by atoms with Crippen LogP contribution in [-0.2, 0) is 0 Å². The van der Waals surface area contributed by atoms with E-state index >= 15 is 0 Å². The Morgan fingerprint density at radius 1 is 1.17 bits per heavy atom. The number of nitrogens with one attached hydrogen (secondary N) is 3. The van der Waals surface area contributed by atoms with Crippen LogP contribution < -0.4 is 15.5 Å². The number of quaternary nitrogens is 1. The summed E-state index contributed by atoms with van der Waals surface area (Å²) in [4.78, 5) is 1.35. The summed E-state index contributed by atoms with van der Waals surface area (Å²) in [5.41, 5.74) is 4.38. The van der Waals surface area contributed by atoms with Gasteiger partial charge in [0.05, 0.1) is 31.4 Å². The van der Waals surface area contributed by atoms with Crippen LogP contribution in [0.1, 0.15) is 22.7 Å². The minimum absolute atomic E-state index is 0.320. The van der Waals surface area contributed by atoms with Crippen molar-refractivity contribution in [1.29, 1.82) is 0 Å². The second-order valence-corrected chi connectivity index (χ2v) is 7.13. The predicted octanol–water partition coefficient (Wildman–Crippen LogP) is 3.13. The van der Waals surface area contributed by atoms with Gasteiger partial charge in [-0.25, -0.2) is 0 Å². The van der Waals surface area contributed by atoms with Gasteiger partial charge >= 0.3 is 0 Å². The van der Waals surface area contributed by atoms with E-state index in [2.05, 4.69) is 55.1 Å². The Labute approximate surface area is 155 Å². The largest absolute Gasteiger partial charge is 0.356 e. The summed E-state index contributed by atoms with van der Waals surface area (Å²) in [7, 11) is 4.30. The van der Waals surface area contributed by atoms with Gasteiger partial charge in [-0.05, 0) is 43.3 Å². The molecular formula is C19H25ClN3S+. The maximum absolute atomic E-state index is 6.33. The van der Waals surface area contributed by atoms with Gasteiger partial charge in [0.15, 0.2) is 5.11 Å². The third-order valence-electron chi connectivity index (χ3n) is 4.04. The third kappa shape index (κ3) is 4.94. The predicted molar refractivity (Wildman–Crippen MR) is 107 cm³/mol. The van der Waals surface area contributed by atoms with Crippen LogP contribution in [0.2, 0.25) is 5.02 Å². The van der Waals surface area contributed by atoms with Gasteiger partial charge < -0.3 is 15.5 Å². The second kappa shape index (κ2) is 8.47. The zero-order valence-electron chi connectivity index (χ0n) is 14.6. The number of rotatable bonds is 5. The van der Waals surface area contributed by atoms with Crippen LogP contribution in [0, 0.1) is 13.8 Å². The molecular weight excluding hydrogens is 338 g/mol. The lowest BCUT2D eigenvalue weighted by Crippen LogP contribution is -3.07. The number of halogens is 1. The smallest absolute Gasteiger partial charge is 0.171 e. The Morgan fingerprint density at radius 2 is 1.83 bits per heavy atom.